The van der Waals surface area contributed by atoms with Crippen molar-refractivity contribution in [1.29, 1.82) is 0 Å². The first-order valence-corrected chi connectivity index (χ1v) is 10.1. The molecule has 158 valence electrons. The van der Waals surface area contributed by atoms with E-state index in [4.69, 9.17) is 21.7 Å². The monoisotopic (exact) mass is 424 g/mol. The molecule has 0 atom stereocenters. The van der Waals surface area contributed by atoms with Crippen molar-refractivity contribution < 1.29 is 9.47 Å². The molecule has 1 aromatic heterocycles. The van der Waals surface area contributed by atoms with E-state index < -0.39 is 0 Å². The van der Waals surface area contributed by atoms with E-state index in [2.05, 4.69) is 41.7 Å². The van der Waals surface area contributed by atoms with Gasteiger partial charge in [-0.05, 0) is 69.2 Å². The Bertz CT molecular complexity index is 1080. The van der Waals surface area contributed by atoms with Gasteiger partial charge < -0.3 is 20.1 Å². The molecule has 3 rings (SSSR count). The van der Waals surface area contributed by atoms with E-state index in [0.29, 0.717) is 23.2 Å². The van der Waals surface area contributed by atoms with Crippen LogP contribution in [-0.2, 0) is 6.54 Å². The smallest absolute Gasteiger partial charge is 0.175 e. The second kappa shape index (κ2) is 9.17. The molecule has 0 aliphatic rings. The van der Waals surface area contributed by atoms with Crippen molar-refractivity contribution in [2.45, 2.75) is 34.2 Å². The molecule has 2 aromatic carbocycles. The summed E-state index contributed by atoms with van der Waals surface area (Å²) in [6.45, 7) is 8.76. The van der Waals surface area contributed by atoms with Gasteiger partial charge in [-0.15, -0.1) is 0 Å². The average Bonchev–Trinajstić information content (AvgIpc) is 2.97. The van der Waals surface area contributed by atoms with E-state index in [1.165, 1.54) is 5.56 Å². The third-order valence-corrected chi connectivity index (χ3v) is 5.23. The van der Waals surface area contributed by atoms with E-state index >= 15 is 0 Å². The molecular formula is C23H28N4O2S. The number of aryl methyl sites for hydroxylation is 3. The Morgan fingerprint density at radius 2 is 1.70 bits per heavy atom. The van der Waals surface area contributed by atoms with Crippen LogP contribution in [0.5, 0.6) is 11.5 Å². The highest BCUT2D eigenvalue weighted by Gasteiger charge is 2.14. The molecule has 0 saturated carbocycles. The highest BCUT2D eigenvalue weighted by Crippen LogP contribution is 2.29. The summed E-state index contributed by atoms with van der Waals surface area (Å²) in [4.78, 5) is 0. The number of anilines is 2. The van der Waals surface area contributed by atoms with Crippen molar-refractivity contribution in [1.82, 2.24) is 9.78 Å². The molecule has 30 heavy (non-hydrogen) atoms. The Morgan fingerprint density at radius 1 is 0.967 bits per heavy atom. The van der Waals surface area contributed by atoms with E-state index in [-0.39, 0.29) is 0 Å². The summed E-state index contributed by atoms with van der Waals surface area (Å²) < 4.78 is 12.7. The minimum Gasteiger partial charge on any atom is -0.493 e. The van der Waals surface area contributed by atoms with Gasteiger partial charge in [0, 0.05) is 5.69 Å². The molecular weight excluding hydrogens is 396 g/mol. The van der Waals surface area contributed by atoms with Crippen LogP contribution in [0.15, 0.2) is 36.4 Å². The highest BCUT2D eigenvalue weighted by molar-refractivity contribution is 7.80. The lowest BCUT2D eigenvalue weighted by Crippen LogP contribution is -2.20. The summed E-state index contributed by atoms with van der Waals surface area (Å²) in [5.74, 6) is 1.41. The number of methoxy groups -OCH3 is 2. The van der Waals surface area contributed by atoms with Crippen molar-refractivity contribution in [2.75, 3.05) is 24.9 Å². The van der Waals surface area contributed by atoms with Crippen LogP contribution in [0.25, 0.3) is 0 Å². The largest absolute Gasteiger partial charge is 0.493 e. The lowest BCUT2D eigenvalue weighted by Gasteiger charge is -2.14. The molecule has 0 aliphatic carbocycles. The van der Waals surface area contributed by atoms with Gasteiger partial charge in [-0.3, -0.25) is 4.68 Å². The van der Waals surface area contributed by atoms with E-state index in [9.17, 15) is 0 Å². The van der Waals surface area contributed by atoms with Gasteiger partial charge >= 0.3 is 0 Å². The van der Waals surface area contributed by atoms with Gasteiger partial charge in [-0.25, -0.2) is 0 Å². The first-order valence-electron chi connectivity index (χ1n) is 9.72. The fourth-order valence-electron chi connectivity index (χ4n) is 3.40. The Hall–Kier alpha value is -3.06. The van der Waals surface area contributed by atoms with Crippen LogP contribution in [-0.4, -0.2) is 29.1 Å². The molecule has 0 spiro atoms. The topological polar surface area (TPSA) is 60.3 Å². The van der Waals surface area contributed by atoms with Gasteiger partial charge in [0.2, 0.25) is 0 Å². The maximum absolute atomic E-state index is 5.54. The fraction of sp³-hybridized carbons (Fsp3) is 0.304. The van der Waals surface area contributed by atoms with Crippen molar-refractivity contribution in [3.05, 3.63) is 64.5 Å². The standard InChI is InChI=1S/C23H28N4O2S/c1-14-7-9-19(15(2)11-14)24-23(30)25-22-16(3)26-27(17(22)4)13-18-8-10-20(28-5)21(12-18)29-6/h7-12H,13H2,1-6H3,(H2,24,25,30). The van der Waals surface area contributed by atoms with Crippen molar-refractivity contribution in [3.8, 4) is 11.5 Å². The first kappa shape index (κ1) is 21.6. The predicted molar refractivity (Wildman–Crippen MR) is 126 cm³/mol. The second-order valence-corrected chi connectivity index (χ2v) is 7.70. The van der Waals surface area contributed by atoms with Gasteiger partial charge in [-0.2, -0.15) is 5.10 Å². The zero-order valence-electron chi connectivity index (χ0n) is 18.3. The fourth-order valence-corrected chi connectivity index (χ4v) is 3.62. The molecule has 0 radical (unpaired) electrons. The summed E-state index contributed by atoms with van der Waals surface area (Å²) in [6.07, 6.45) is 0. The van der Waals surface area contributed by atoms with Crippen molar-refractivity contribution >= 4 is 28.7 Å². The quantitative estimate of drug-likeness (QED) is 0.544. The Labute approximate surface area is 183 Å². The van der Waals surface area contributed by atoms with Crippen LogP contribution < -0.4 is 20.1 Å². The van der Waals surface area contributed by atoms with Gasteiger partial charge in [-0.1, -0.05) is 23.8 Å². The molecule has 1 heterocycles. The SMILES string of the molecule is COc1ccc(Cn2nc(C)c(NC(=S)Nc3ccc(C)cc3C)c2C)cc1OC. The third kappa shape index (κ3) is 4.74. The molecule has 6 nitrogen and oxygen atoms in total. The number of hydrogen-bond donors (Lipinski definition) is 2. The highest BCUT2D eigenvalue weighted by atomic mass is 32.1. The van der Waals surface area contributed by atoms with Gasteiger partial charge in [0.1, 0.15) is 0 Å². The van der Waals surface area contributed by atoms with E-state index in [1.807, 2.05) is 42.8 Å². The van der Waals surface area contributed by atoms with Crippen LogP contribution in [0.1, 0.15) is 28.1 Å². The van der Waals surface area contributed by atoms with Gasteiger partial charge in [0.25, 0.3) is 0 Å². The Morgan fingerprint density at radius 3 is 2.37 bits per heavy atom. The zero-order chi connectivity index (χ0) is 21.8. The number of rotatable bonds is 6. The van der Waals surface area contributed by atoms with E-state index in [1.54, 1.807) is 14.2 Å². The summed E-state index contributed by atoms with van der Waals surface area (Å²) in [5, 5.41) is 11.8. The predicted octanol–water partition coefficient (Wildman–Crippen LogP) is 4.99. The lowest BCUT2D eigenvalue weighted by molar-refractivity contribution is 0.354. The molecule has 0 unspecified atom stereocenters. The van der Waals surface area contributed by atoms with Crippen molar-refractivity contribution in [3.63, 3.8) is 0 Å². The molecule has 0 aliphatic heterocycles. The van der Waals surface area contributed by atoms with Crippen LogP contribution >= 0.6 is 12.2 Å². The van der Waals surface area contributed by atoms with Gasteiger partial charge in [0.05, 0.1) is 37.8 Å². The number of aromatic nitrogens is 2. The molecule has 0 fully saturated rings. The minimum absolute atomic E-state index is 0.541. The normalized spacial score (nSPS) is 10.6. The second-order valence-electron chi connectivity index (χ2n) is 7.29. The van der Waals surface area contributed by atoms with E-state index in [0.717, 1.165) is 33.9 Å². The lowest BCUT2D eigenvalue weighted by atomic mass is 10.1. The average molecular weight is 425 g/mol. The molecule has 2 N–H and O–H groups in total. The van der Waals surface area contributed by atoms with Crippen LogP contribution in [0.3, 0.4) is 0 Å². The summed E-state index contributed by atoms with van der Waals surface area (Å²) >= 11 is 5.54. The molecule has 0 amide bonds. The number of nitrogens with zero attached hydrogens (tertiary/aromatic N) is 2. The number of benzene rings is 2. The summed E-state index contributed by atoms with van der Waals surface area (Å²) in [7, 11) is 3.27. The molecule has 0 bridgehead atoms. The molecule has 0 saturated heterocycles. The number of ether oxygens (including phenoxy) is 2. The number of hydrogen-bond acceptors (Lipinski definition) is 4. The third-order valence-electron chi connectivity index (χ3n) is 5.03. The minimum atomic E-state index is 0.541. The first-order chi connectivity index (χ1) is 14.3. The maximum Gasteiger partial charge on any atom is 0.175 e. The summed E-state index contributed by atoms with van der Waals surface area (Å²) in [5.41, 5.74) is 7.24. The van der Waals surface area contributed by atoms with Crippen LogP contribution in [0.4, 0.5) is 11.4 Å². The Balaban J connectivity index is 1.76. The Kier molecular flexibility index (Phi) is 6.62. The number of nitrogens with one attached hydrogen (secondary N) is 2. The molecule has 3 aromatic rings. The summed E-state index contributed by atoms with van der Waals surface area (Å²) in [6, 6.07) is 12.1. The zero-order valence-corrected chi connectivity index (χ0v) is 19.1. The van der Waals surface area contributed by atoms with Gasteiger partial charge in [0.15, 0.2) is 16.6 Å². The van der Waals surface area contributed by atoms with Crippen LogP contribution in [0, 0.1) is 27.7 Å². The van der Waals surface area contributed by atoms with Crippen LogP contribution in [0.2, 0.25) is 0 Å². The van der Waals surface area contributed by atoms with Crippen molar-refractivity contribution in [2.24, 2.45) is 0 Å². The maximum atomic E-state index is 5.54. The number of thiocarbonyl (C=S) groups is 1. The molecule has 7 heteroatoms.